The van der Waals surface area contributed by atoms with Gasteiger partial charge >= 0.3 is 0 Å². The molecule has 1 aliphatic heterocycles. The van der Waals surface area contributed by atoms with Crippen molar-refractivity contribution in [2.45, 2.75) is 50.8 Å². The minimum absolute atomic E-state index is 0.0533. The van der Waals surface area contributed by atoms with Crippen LogP contribution in [0.15, 0.2) is 48.7 Å². The summed E-state index contributed by atoms with van der Waals surface area (Å²) in [5.41, 5.74) is 4.19. The first-order chi connectivity index (χ1) is 17.6. The molecule has 6 rings (SSSR count). The first kappa shape index (κ1) is 25.3. The smallest absolute Gasteiger partial charge is 0.194 e. The molecule has 1 fully saturated rings. The van der Waals surface area contributed by atoms with Gasteiger partial charge in [0.15, 0.2) is 10.8 Å². The van der Waals surface area contributed by atoms with Gasteiger partial charge in [-0.05, 0) is 68.7 Å². The summed E-state index contributed by atoms with van der Waals surface area (Å²) in [4.78, 5) is 7.23. The van der Waals surface area contributed by atoms with E-state index in [-0.39, 0.29) is 16.2 Å². The average molecular weight is 575 g/mol. The normalized spacial score (nSPS) is 20.0. The van der Waals surface area contributed by atoms with Crippen molar-refractivity contribution in [3.05, 3.63) is 69.8 Å². The number of aromatic nitrogens is 3. The van der Waals surface area contributed by atoms with Crippen molar-refractivity contribution in [3.63, 3.8) is 0 Å². The summed E-state index contributed by atoms with van der Waals surface area (Å²) >= 11 is 14.2. The van der Waals surface area contributed by atoms with Crippen LogP contribution in [0.5, 0.6) is 0 Å². The topological polar surface area (TPSA) is 63.1 Å². The number of anilines is 1. The lowest BCUT2D eigenvalue weighted by molar-refractivity contribution is 0.177. The van der Waals surface area contributed by atoms with Gasteiger partial charge < -0.3 is 4.90 Å². The van der Waals surface area contributed by atoms with Crippen LogP contribution in [0.1, 0.15) is 50.8 Å². The quantitative estimate of drug-likeness (QED) is 0.294. The standard InChI is InChI=1S/C27H29Cl2N5OS2/c1-26(2,3)37(35)32-23-18-8-5-4-7-17(18)15-27(23)11-13-33(14-12-27)25-30-24-21(36-25)16-34(31-24)20-10-6-9-19(28)22(20)29/h4-10,16,23,32H,11-15H2,1-3H3/t23-,37?/m1/s1. The molecule has 3 heterocycles. The van der Waals surface area contributed by atoms with E-state index in [4.69, 9.17) is 28.2 Å². The third kappa shape index (κ3) is 4.51. The highest BCUT2D eigenvalue weighted by atomic mass is 35.5. The van der Waals surface area contributed by atoms with E-state index >= 15 is 0 Å². The Morgan fingerprint density at radius 1 is 1.11 bits per heavy atom. The Balaban J connectivity index is 1.22. The molecule has 6 nitrogen and oxygen atoms in total. The van der Waals surface area contributed by atoms with Crippen LogP contribution in [0, 0.1) is 5.41 Å². The summed E-state index contributed by atoms with van der Waals surface area (Å²) in [5.74, 6) is 0. The minimum atomic E-state index is -1.14. The van der Waals surface area contributed by atoms with Crippen molar-refractivity contribution in [1.82, 2.24) is 19.5 Å². The van der Waals surface area contributed by atoms with Crippen molar-refractivity contribution < 1.29 is 4.21 Å². The number of piperidine rings is 1. The maximum absolute atomic E-state index is 13.1. The van der Waals surface area contributed by atoms with Crippen molar-refractivity contribution in [2.75, 3.05) is 18.0 Å². The Bertz CT molecular complexity index is 1470. The molecular weight excluding hydrogens is 545 g/mol. The van der Waals surface area contributed by atoms with Crippen LogP contribution in [0.25, 0.3) is 16.0 Å². The zero-order chi connectivity index (χ0) is 25.9. The first-order valence-electron chi connectivity index (χ1n) is 12.5. The van der Waals surface area contributed by atoms with Crippen LogP contribution in [-0.2, 0) is 17.4 Å². The van der Waals surface area contributed by atoms with Crippen LogP contribution < -0.4 is 9.62 Å². The molecule has 194 valence electrons. The fraction of sp³-hybridized carbons (Fsp3) is 0.407. The summed E-state index contributed by atoms with van der Waals surface area (Å²) in [6.45, 7) is 7.89. The van der Waals surface area contributed by atoms with E-state index in [0.717, 1.165) is 47.9 Å². The second-order valence-electron chi connectivity index (χ2n) is 11.0. The Hall–Kier alpha value is -1.97. The molecule has 4 aromatic rings. The number of nitrogens with one attached hydrogen (secondary N) is 1. The summed E-state index contributed by atoms with van der Waals surface area (Å²) in [7, 11) is -1.14. The van der Waals surface area contributed by atoms with Gasteiger partial charge in [0, 0.05) is 13.1 Å². The summed E-state index contributed by atoms with van der Waals surface area (Å²) in [5, 5.41) is 6.65. The van der Waals surface area contributed by atoms with Gasteiger partial charge in [-0.25, -0.2) is 13.6 Å². The number of rotatable bonds is 4. The molecule has 1 spiro atoms. The number of fused-ring (bicyclic) bond motifs is 2. The SMILES string of the molecule is CC(C)(C)S(=O)N[C@@H]1c2ccccc2CC12CCN(c1nc3nn(-c4cccc(Cl)c4Cl)cc3s1)CC2. The fourth-order valence-corrected chi connectivity index (χ4v) is 7.80. The highest BCUT2D eigenvalue weighted by Crippen LogP contribution is 2.53. The summed E-state index contributed by atoms with van der Waals surface area (Å²) < 4.78 is 19.1. The average Bonchev–Trinajstić information content (AvgIpc) is 3.52. The largest absolute Gasteiger partial charge is 0.348 e. The lowest BCUT2D eigenvalue weighted by Crippen LogP contribution is -2.47. The Labute approximate surface area is 233 Å². The molecule has 0 radical (unpaired) electrons. The Morgan fingerprint density at radius 2 is 1.86 bits per heavy atom. The molecule has 2 aromatic heterocycles. The third-order valence-corrected chi connectivity index (χ3v) is 11.0. The fourth-order valence-electron chi connectivity index (χ4n) is 5.51. The molecule has 1 aliphatic carbocycles. The molecular formula is C27H29Cl2N5OS2. The highest BCUT2D eigenvalue weighted by Gasteiger charge is 2.49. The van der Waals surface area contributed by atoms with E-state index in [9.17, 15) is 4.21 Å². The molecule has 10 heteroatoms. The van der Waals surface area contributed by atoms with E-state index in [1.54, 1.807) is 22.1 Å². The zero-order valence-electron chi connectivity index (χ0n) is 21.0. The van der Waals surface area contributed by atoms with E-state index in [2.05, 4.69) is 39.0 Å². The molecule has 2 atom stereocenters. The molecule has 2 aliphatic rings. The number of nitrogens with zero attached hydrogens (tertiary/aromatic N) is 4. The van der Waals surface area contributed by atoms with E-state index in [1.807, 2.05) is 39.1 Å². The van der Waals surface area contributed by atoms with E-state index < -0.39 is 11.0 Å². The van der Waals surface area contributed by atoms with Crippen molar-refractivity contribution in [1.29, 1.82) is 0 Å². The number of hydrogen-bond donors (Lipinski definition) is 1. The second-order valence-corrected chi connectivity index (χ2v) is 14.8. The van der Waals surface area contributed by atoms with Gasteiger partial charge in [0.2, 0.25) is 0 Å². The lowest BCUT2D eigenvalue weighted by atomic mass is 9.73. The maximum Gasteiger partial charge on any atom is 0.194 e. The lowest BCUT2D eigenvalue weighted by Gasteiger charge is -2.44. The maximum atomic E-state index is 13.1. The molecule has 1 unspecified atom stereocenters. The second kappa shape index (κ2) is 9.35. The molecule has 0 bridgehead atoms. The van der Waals surface area contributed by atoms with Gasteiger partial charge in [-0.3, -0.25) is 0 Å². The van der Waals surface area contributed by atoms with Crippen LogP contribution >= 0.6 is 34.5 Å². The van der Waals surface area contributed by atoms with Gasteiger partial charge in [0.05, 0.1) is 48.4 Å². The van der Waals surface area contributed by atoms with Crippen molar-refractivity contribution in [2.24, 2.45) is 5.41 Å². The summed E-state index contributed by atoms with van der Waals surface area (Å²) in [6.07, 6.45) is 5.00. The van der Waals surface area contributed by atoms with Crippen molar-refractivity contribution in [3.8, 4) is 5.69 Å². The molecule has 2 aromatic carbocycles. The predicted octanol–water partition coefficient (Wildman–Crippen LogP) is 6.72. The minimum Gasteiger partial charge on any atom is -0.348 e. The summed E-state index contributed by atoms with van der Waals surface area (Å²) in [6, 6.07) is 14.3. The highest BCUT2D eigenvalue weighted by molar-refractivity contribution is 7.84. The monoisotopic (exact) mass is 573 g/mol. The van der Waals surface area contributed by atoms with E-state index in [1.165, 1.54) is 11.1 Å². The van der Waals surface area contributed by atoms with Crippen molar-refractivity contribution >= 4 is 61.0 Å². The van der Waals surface area contributed by atoms with Crippen LogP contribution in [0.3, 0.4) is 0 Å². The van der Waals surface area contributed by atoms with Gasteiger partial charge in [-0.1, -0.05) is 64.9 Å². The molecule has 0 amide bonds. The molecule has 0 saturated carbocycles. The zero-order valence-corrected chi connectivity index (χ0v) is 24.1. The Morgan fingerprint density at radius 3 is 2.59 bits per heavy atom. The number of thiazole rings is 1. The van der Waals surface area contributed by atoms with Gasteiger partial charge in [0.25, 0.3) is 0 Å². The van der Waals surface area contributed by atoms with Crippen LogP contribution in [0.2, 0.25) is 10.0 Å². The van der Waals surface area contributed by atoms with Crippen LogP contribution in [0.4, 0.5) is 5.13 Å². The Kier molecular flexibility index (Phi) is 6.39. The van der Waals surface area contributed by atoms with Gasteiger partial charge in [-0.15, -0.1) is 5.10 Å². The number of hydrogen-bond acceptors (Lipinski definition) is 5. The third-order valence-electron chi connectivity index (χ3n) is 7.58. The number of benzene rings is 2. The number of halogens is 2. The molecule has 1 saturated heterocycles. The van der Waals surface area contributed by atoms with Gasteiger partial charge in [-0.2, -0.15) is 4.98 Å². The van der Waals surface area contributed by atoms with Crippen LogP contribution in [-0.4, -0.2) is 36.8 Å². The molecule has 37 heavy (non-hydrogen) atoms. The van der Waals surface area contributed by atoms with Gasteiger partial charge in [0.1, 0.15) is 0 Å². The first-order valence-corrected chi connectivity index (χ1v) is 15.2. The molecule has 1 N–H and O–H groups in total. The van der Waals surface area contributed by atoms with E-state index in [0.29, 0.717) is 15.7 Å². The predicted molar refractivity (Wildman–Crippen MR) is 155 cm³/mol.